The van der Waals surface area contributed by atoms with Crippen molar-refractivity contribution in [3.63, 3.8) is 0 Å². The number of methoxy groups -OCH3 is 1. The van der Waals surface area contributed by atoms with E-state index in [1.165, 1.54) is 32.1 Å². The summed E-state index contributed by atoms with van der Waals surface area (Å²) in [4.78, 5) is 12.6. The molecule has 0 atom stereocenters. The zero-order valence-electron chi connectivity index (χ0n) is 14.7. The van der Waals surface area contributed by atoms with Gasteiger partial charge in [-0.25, -0.2) is 0 Å². The van der Waals surface area contributed by atoms with E-state index in [1.807, 2.05) is 11.0 Å². The molecule has 1 aromatic rings. The molecule has 1 heterocycles. The number of nitrogens with zero attached hydrogens (tertiary/aromatic N) is 2. The number of likely N-dealkylation sites (tertiary alicyclic amines) is 1. The third-order valence-corrected chi connectivity index (χ3v) is 4.10. The summed E-state index contributed by atoms with van der Waals surface area (Å²) < 4.78 is 4.90. The molecule has 1 aromatic carbocycles. The van der Waals surface area contributed by atoms with Gasteiger partial charge < -0.3 is 15.4 Å². The lowest BCUT2D eigenvalue weighted by molar-refractivity contribution is -0.128. The van der Waals surface area contributed by atoms with Crippen LogP contribution < -0.4 is 10.5 Å². The fourth-order valence-electron chi connectivity index (χ4n) is 2.65. The van der Waals surface area contributed by atoms with E-state index in [9.17, 15) is 4.79 Å². The Hall–Kier alpha value is -2.06. The highest BCUT2D eigenvalue weighted by atomic mass is 16.5. The van der Waals surface area contributed by atoms with Gasteiger partial charge in [0.15, 0.2) is 0 Å². The van der Waals surface area contributed by atoms with Crippen molar-refractivity contribution >= 4 is 5.91 Å². The smallest absolute Gasteiger partial charge is 0.236 e. The van der Waals surface area contributed by atoms with Gasteiger partial charge >= 0.3 is 0 Å². The van der Waals surface area contributed by atoms with Crippen molar-refractivity contribution in [2.75, 3.05) is 26.7 Å². The number of hydrogen-bond donors (Lipinski definition) is 1. The number of amides is 1. The number of nitrogens with two attached hydrogens (primary N) is 1. The van der Waals surface area contributed by atoms with Crippen molar-refractivity contribution in [1.29, 1.82) is 5.26 Å². The van der Waals surface area contributed by atoms with Gasteiger partial charge in [-0.15, -0.1) is 0 Å². The molecular weight excluding hydrogens is 302 g/mol. The standard InChI is InChI=1S/C8H7NO.C6H12N2O.C5H10/c1-10-8-4-2-7(6-9)3-5-8;7-5-6(9)8-3-1-2-4-8;1-2-4-5-3-1/h2-5H,1H3;1-5,7H2;1-5H2. The SMILES string of the molecule is C1CCCC1.COc1ccc(C#N)cc1.NCC(=O)N1CCCC1. The molecule has 2 aliphatic rings. The Kier molecular flexibility index (Phi) is 10.3. The maximum atomic E-state index is 10.8. The fraction of sp³-hybridized carbons (Fsp3) is 0.579. The van der Waals surface area contributed by atoms with Gasteiger partial charge in [0.25, 0.3) is 0 Å². The van der Waals surface area contributed by atoms with Gasteiger partial charge in [0.1, 0.15) is 5.75 Å². The van der Waals surface area contributed by atoms with E-state index in [0.717, 1.165) is 31.7 Å². The Bertz CT molecular complexity index is 491. The number of nitriles is 1. The molecule has 2 fully saturated rings. The molecule has 132 valence electrons. The number of hydrogen-bond acceptors (Lipinski definition) is 4. The lowest BCUT2D eigenvalue weighted by Gasteiger charge is -2.12. The van der Waals surface area contributed by atoms with E-state index in [1.54, 1.807) is 31.4 Å². The first-order valence-electron chi connectivity index (χ1n) is 8.73. The minimum atomic E-state index is 0.0903. The molecule has 0 aromatic heterocycles. The summed E-state index contributed by atoms with van der Waals surface area (Å²) in [7, 11) is 1.60. The number of ether oxygens (including phenoxy) is 1. The fourth-order valence-corrected chi connectivity index (χ4v) is 2.65. The largest absolute Gasteiger partial charge is 0.497 e. The highest BCUT2D eigenvalue weighted by molar-refractivity contribution is 5.78. The predicted octanol–water partition coefficient (Wildman–Crippen LogP) is 3.08. The van der Waals surface area contributed by atoms with Gasteiger partial charge in [-0.05, 0) is 37.1 Å². The Balaban J connectivity index is 0.000000189. The van der Waals surface area contributed by atoms with Crippen molar-refractivity contribution in [3.8, 4) is 11.8 Å². The summed E-state index contributed by atoms with van der Waals surface area (Å²) in [5, 5.41) is 8.41. The summed E-state index contributed by atoms with van der Waals surface area (Å²) in [5.41, 5.74) is 5.81. The minimum Gasteiger partial charge on any atom is -0.497 e. The molecule has 1 saturated carbocycles. The van der Waals surface area contributed by atoms with Crippen LogP contribution in [0.5, 0.6) is 5.75 Å². The van der Waals surface area contributed by atoms with Gasteiger partial charge in [-0.2, -0.15) is 5.26 Å². The molecule has 1 aliphatic carbocycles. The Morgan fingerprint density at radius 3 is 1.96 bits per heavy atom. The average molecular weight is 331 g/mol. The van der Waals surface area contributed by atoms with Crippen LogP contribution in [0.4, 0.5) is 0 Å². The third-order valence-electron chi connectivity index (χ3n) is 4.10. The average Bonchev–Trinajstić information content (AvgIpc) is 3.37. The van der Waals surface area contributed by atoms with E-state index in [0.29, 0.717) is 5.56 Å². The first-order chi connectivity index (χ1) is 11.7. The molecule has 1 amide bonds. The molecule has 24 heavy (non-hydrogen) atoms. The van der Waals surface area contributed by atoms with Crippen molar-refractivity contribution in [2.24, 2.45) is 5.73 Å². The van der Waals surface area contributed by atoms with Crippen molar-refractivity contribution in [3.05, 3.63) is 29.8 Å². The molecule has 0 spiro atoms. The second kappa shape index (κ2) is 12.4. The monoisotopic (exact) mass is 331 g/mol. The number of carbonyl (C=O) groups excluding carboxylic acids is 1. The minimum absolute atomic E-state index is 0.0903. The zero-order chi connectivity index (χ0) is 17.6. The number of carbonyl (C=O) groups is 1. The lowest BCUT2D eigenvalue weighted by atomic mass is 10.2. The Labute approximate surface area is 145 Å². The maximum Gasteiger partial charge on any atom is 0.236 e. The maximum absolute atomic E-state index is 10.8. The summed E-state index contributed by atoms with van der Waals surface area (Å²) in [6, 6.07) is 8.99. The van der Waals surface area contributed by atoms with Gasteiger partial charge in [-0.3, -0.25) is 4.79 Å². The first-order valence-corrected chi connectivity index (χ1v) is 8.73. The lowest BCUT2D eigenvalue weighted by Crippen LogP contribution is -2.33. The van der Waals surface area contributed by atoms with Crippen LogP contribution >= 0.6 is 0 Å². The van der Waals surface area contributed by atoms with Crippen LogP contribution in [0.3, 0.4) is 0 Å². The zero-order valence-corrected chi connectivity index (χ0v) is 14.7. The third kappa shape index (κ3) is 7.98. The second-order valence-electron chi connectivity index (χ2n) is 5.90. The quantitative estimate of drug-likeness (QED) is 0.903. The highest BCUT2D eigenvalue weighted by Crippen LogP contribution is 2.15. The van der Waals surface area contributed by atoms with Crippen LogP contribution in [0.25, 0.3) is 0 Å². The Morgan fingerprint density at radius 2 is 1.58 bits per heavy atom. The van der Waals surface area contributed by atoms with E-state index >= 15 is 0 Å². The first kappa shape index (κ1) is 20.0. The van der Waals surface area contributed by atoms with Gasteiger partial charge in [-0.1, -0.05) is 32.1 Å². The molecule has 1 aliphatic heterocycles. The van der Waals surface area contributed by atoms with Crippen molar-refractivity contribution < 1.29 is 9.53 Å². The molecule has 0 bridgehead atoms. The van der Waals surface area contributed by atoms with Gasteiger partial charge in [0.05, 0.1) is 25.3 Å². The van der Waals surface area contributed by atoms with Crippen LogP contribution in [-0.4, -0.2) is 37.6 Å². The topological polar surface area (TPSA) is 79.3 Å². The molecule has 5 heteroatoms. The van der Waals surface area contributed by atoms with Crippen LogP contribution in [0.15, 0.2) is 24.3 Å². The van der Waals surface area contributed by atoms with Crippen LogP contribution in [-0.2, 0) is 4.79 Å². The molecular formula is C19H29N3O2. The number of rotatable bonds is 2. The number of benzene rings is 1. The van der Waals surface area contributed by atoms with Crippen molar-refractivity contribution in [2.45, 2.75) is 44.9 Å². The van der Waals surface area contributed by atoms with E-state index in [2.05, 4.69) is 0 Å². The van der Waals surface area contributed by atoms with Crippen molar-refractivity contribution in [1.82, 2.24) is 4.90 Å². The molecule has 3 rings (SSSR count). The van der Waals surface area contributed by atoms with E-state index < -0.39 is 0 Å². The molecule has 2 N–H and O–H groups in total. The summed E-state index contributed by atoms with van der Waals surface area (Å²) in [6.45, 7) is 1.99. The summed E-state index contributed by atoms with van der Waals surface area (Å²) >= 11 is 0. The van der Waals surface area contributed by atoms with E-state index in [4.69, 9.17) is 15.7 Å². The van der Waals surface area contributed by atoms with E-state index in [-0.39, 0.29) is 12.5 Å². The van der Waals surface area contributed by atoms with Gasteiger partial charge in [0, 0.05) is 13.1 Å². The normalized spacial score (nSPS) is 15.5. The van der Waals surface area contributed by atoms with Crippen LogP contribution in [0.1, 0.15) is 50.5 Å². The summed E-state index contributed by atoms with van der Waals surface area (Å²) in [6.07, 6.45) is 9.79. The highest BCUT2D eigenvalue weighted by Gasteiger charge is 2.15. The van der Waals surface area contributed by atoms with Crippen LogP contribution in [0.2, 0.25) is 0 Å². The molecule has 1 saturated heterocycles. The molecule has 0 unspecified atom stereocenters. The Morgan fingerprint density at radius 1 is 1.08 bits per heavy atom. The van der Waals surface area contributed by atoms with Gasteiger partial charge in [0.2, 0.25) is 5.91 Å². The molecule has 0 radical (unpaired) electrons. The second-order valence-corrected chi connectivity index (χ2v) is 5.90. The summed E-state index contributed by atoms with van der Waals surface area (Å²) in [5.74, 6) is 0.867. The molecule has 5 nitrogen and oxygen atoms in total. The van der Waals surface area contributed by atoms with Crippen LogP contribution in [0, 0.1) is 11.3 Å². The predicted molar refractivity (Wildman–Crippen MR) is 95.7 cm³/mol.